The van der Waals surface area contributed by atoms with Crippen molar-refractivity contribution in [3.8, 4) is 11.8 Å². The van der Waals surface area contributed by atoms with Crippen molar-refractivity contribution in [1.29, 1.82) is 5.26 Å². The molecule has 20 heavy (non-hydrogen) atoms. The Labute approximate surface area is 116 Å². The van der Waals surface area contributed by atoms with E-state index in [0.29, 0.717) is 5.56 Å². The Morgan fingerprint density at radius 1 is 1.20 bits per heavy atom. The standard InChI is InChI=1S/C14H10FNO3S/c1-10-6-7-12(15)14(8-10)20(17,18)19-13-5-3-2-4-11(13)9-16/h2-8H,1H3. The van der Waals surface area contributed by atoms with Crippen LogP contribution in [0.4, 0.5) is 4.39 Å². The molecule has 0 aromatic heterocycles. The molecule has 0 unspecified atom stereocenters. The smallest absolute Gasteiger partial charge is 0.342 e. The molecule has 0 atom stereocenters. The summed E-state index contributed by atoms with van der Waals surface area (Å²) in [6, 6.07) is 11.4. The van der Waals surface area contributed by atoms with Crippen LogP contribution in [0.5, 0.6) is 5.75 Å². The van der Waals surface area contributed by atoms with Gasteiger partial charge in [-0.05, 0) is 36.8 Å². The predicted molar refractivity (Wildman–Crippen MR) is 70.1 cm³/mol. The second-order valence-electron chi connectivity index (χ2n) is 4.08. The van der Waals surface area contributed by atoms with Crippen molar-refractivity contribution in [2.45, 2.75) is 11.8 Å². The third kappa shape index (κ3) is 2.78. The fourth-order valence-electron chi connectivity index (χ4n) is 1.60. The van der Waals surface area contributed by atoms with Crippen LogP contribution in [0.15, 0.2) is 47.4 Å². The van der Waals surface area contributed by atoms with Gasteiger partial charge in [-0.1, -0.05) is 18.2 Å². The molecule has 0 saturated heterocycles. The number of hydrogen-bond acceptors (Lipinski definition) is 4. The van der Waals surface area contributed by atoms with E-state index in [4.69, 9.17) is 9.44 Å². The van der Waals surface area contributed by atoms with Gasteiger partial charge in [0, 0.05) is 0 Å². The first kappa shape index (κ1) is 14.0. The molecule has 6 heteroatoms. The molecule has 2 aromatic carbocycles. The minimum atomic E-state index is -4.33. The number of hydrogen-bond donors (Lipinski definition) is 0. The lowest BCUT2D eigenvalue weighted by molar-refractivity contribution is 0.475. The number of aryl methyl sites for hydroxylation is 1. The zero-order valence-electron chi connectivity index (χ0n) is 10.5. The molecule has 0 amide bonds. The van der Waals surface area contributed by atoms with Crippen LogP contribution in [-0.2, 0) is 10.1 Å². The monoisotopic (exact) mass is 291 g/mol. The molecule has 0 spiro atoms. The maximum absolute atomic E-state index is 13.6. The molecule has 0 N–H and O–H groups in total. The van der Waals surface area contributed by atoms with Crippen molar-refractivity contribution < 1.29 is 17.0 Å². The van der Waals surface area contributed by atoms with Crippen LogP contribution in [0.2, 0.25) is 0 Å². The molecule has 0 aliphatic heterocycles. The summed E-state index contributed by atoms with van der Waals surface area (Å²) in [6.45, 7) is 1.64. The molecular formula is C14H10FNO3S. The first-order valence-electron chi connectivity index (χ1n) is 5.64. The summed E-state index contributed by atoms with van der Waals surface area (Å²) in [5, 5.41) is 8.89. The van der Waals surface area contributed by atoms with Gasteiger partial charge < -0.3 is 4.18 Å². The number of para-hydroxylation sites is 1. The Bertz CT molecular complexity index is 794. The van der Waals surface area contributed by atoms with Gasteiger partial charge in [-0.25, -0.2) is 4.39 Å². The zero-order chi connectivity index (χ0) is 14.8. The SMILES string of the molecule is Cc1ccc(F)c(S(=O)(=O)Oc2ccccc2C#N)c1. The number of benzene rings is 2. The predicted octanol–water partition coefficient (Wildman–Crippen LogP) is 2.77. The van der Waals surface area contributed by atoms with Gasteiger partial charge in [0.05, 0.1) is 5.56 Å². The molecule has 0 radical (unpaired) electrons. The normalized spacial score (nSPS) is 10.8. The third-order valence-corrected chi connectivity index (χ3v) is 3.81. The first-order chi connectivity index (χ1) is 9.44. The van der Waals surface area contributed by atoms with Crippen molar-refractivity contribution in [3.63, 3.8) is 0 Å². The largest absolute Gasteiger partial charge is 0.377 e. The second-order valence-corrected chi connectivity index (χ2v) is 5.59. The number of rotatable bonds is 3. The van der Waals surface area contributed by atoms with E-state index < -0.39 is 20.8 Å². The molecule has 2 rings (SSSR count). The van der Waals surface area contributed by atoms with Gasteiger partial charge in [-0.15, -0.1) is 0 Å². The highest BCUT2D eigenvalue weighted by atomic mass is 32.2. The van der Waals surface area contributed by atoms with Gasteiger partial charge in [-0.2, -0.15) is 13.7 Å². The van der Waals surface area contributed by atoms with Crippen molar-refractivity contribution in [3.05, 3.63) is 59.4 Å². The lowest BCUT2D eigenvalue weighted by atomic mass is 10.2. The van der Waals surface area contributed by atoms with Gasteiger partial charge in [-0.3, -0.25) is 0 Å². The summed E-state index contributed by atoms with van der Waals surface area (Å²) in [6.07, 6.45) is 0. The van der Waals surface area contributed by atoms with Crippen molar-refractivity contribution >= 4 is 10.1 Å². The van der Waals surface area contributed by atoms with Gasteiger partial charge in [0.2, 0.25) is 0 Å². The Morgan fingerprint density at radius 3 is 2.60 bits per heavy atom. The molecular weight excluding hydrogens is 281 g/mol. The number of nitriles is 1. The molecule has 0 aliphatic carbocycles. The van der Waals surface area contributed by atoms with E-state index in [2.05, 4.69) is 0 Å². The summed E-state index contributed by atoms with van der Waals surface area (Å²) < 4.78 is 42.6. The molecule has 2 aromatic rings. The van der Waals surface area contributed by atoms with Crippen molar-refractivity contribution in [1.82, 2.24) is 0 Å². The van der Waals surface area contributed by atoms with Crippen molar-refractivity contribution in [2.24, 2.45) is 0 Å². The van der Waals surface area contributed by atoms with E-state index in [0.717, 1.165) is 6.07 Å². The maximum Gasteiger partial charge on any atom is 0.342 e. The quantitative estimate of drug-likeness (QED) is 0.815. The van der Waals surface area contributed by atoms with Crippen LogP contribution in [0.25, 0.3) is 0 Å². The third-order valence-electron chi connectivity index (χ3n) is 2.56. The Balaban J connectivity index is 2.47. The Kier molecular flexibility index (Phi) is 3.72. The lowest BCUT2D eigenvalue weighted by Gasteiger charge is -2.09. The van der Waals surface area contributed by atoms with E-state index in [1.807, 2.05) is 6.07 Å². The summed E-state index contributed by atoms with van der Waals surface area (Å²) in [7, 11) is -4.33. The minimum absolute atomic E-state index is 0.0594. The van der Waals surface area contributed by atoms with Crippen LogP contribution in [-0.4, -0.2) is 8.42 Å². The molecule has 102 valence electrons. The van der Waals surface area contributed by atoms with Gasteiger partial charge in [0.15, 0.2) is 5.75 Å². The summed E-state index contributed by atoms with van der Waals surface area (Å²) in [4.78, 5) is -0.551. The van der Waals surface area contributed by atoms with E-state index in [-0.39, 0.29) is 11.3 Å². The highest BCUT2D eigenvalue weighted by Gasteiger charge is 2.22. The topological polar surface area (TPSA) is 67.2 Å². The van der Waals surface area contributed by atoms with E-state index >= 15 is 0 Å². The second kappa shape index (κ2) is 5.31. The van der Waals surface area contributed by atoms with Crippen LogP contribution in [0.3, 0.4) is 0 Å². The summed E-state index contributed by atoms with van der Waals surface area (Å²) in [5.41, 5.74) is 0.645. The van der Waals surface area contributed by atoms with Crippen LogP contribution in [0.1, 0.15) is 11.1 Å². The number of halogens is 1. The summed E-state index contributed by atoms with van der Waals surface area (Å²) in [5.74, 6) is -1.03. The molecule has 0 fully saturated rings. The number of nitrogens with zero attached hydrogens (tertiary/aromatic N) is 1. The van der Waals surface area contributed by atoms with E-state index in [9.17, 15) is 12.8 Å². The average molecular weight is 291 g/mol. The highest BCUT2D eigenvalue weighted by molar-refractivity contribution is 7.87. The summed E-state index contributed by atoms with van der Waals surface area (Å²) >= 11 is 0. The molecule has 0 saturated carbocycles. The molecule has 0 bridgehead atoms. The van der Waals surface area contributed by atoms with Gasteiger partial charge >= 0.3 is 10.1 Å². The Morgan fingerprint density at radius 2 is 1.90 bits per heavy atom. The van der Waals surface area contributed by atoms with Crippen LogP contribution >= 0.6 is 0 Å². The first-order valence-corrected chi connectivity index (χ1v) is 7.04. The molecule has 4 nitrogen and oxygen atoms in total. The molecule has 0 heterocycles. The maximum atomic E-state index is 13.6. The zero-order valence-corrected chi connectivity index (χ0v) is 11.3. The van der Waals surface area contributed by atoms with E-state index in [1.165, 1.54) is 30.3 Å². The van der Waals surface area contributed by atoms with Crippen LogP contribution < -0.4 is 4.18 Å². The fourth-order valence-corrected chi connectivity index (χ4v) is 2.71. The van der Waals surface area contributed by atoms with E-state index in [1.54, 1.807) is 13.0 Å². The highest BCUT2D eigenvalue weighted by Crippen LogP contribution is 2.24. The van der Waals surface area contributed by atoms with Crippen LogP contribution in [0, 0.1) is 24.1 Å². The minimum Gasteiger partial charge on any atom is -0.377 e. The van der Waals surface area contributed by atoms with Gasteiger partial charge in [0.1, 0.15) is 16.8 Å². The average Bonchev–Trinajstić information content (AvgIpc) is 2.41. The van der Waals surface area contributed by atoms with Crippen molar-refractivity contribution in [2.75, 3.05) is 0 Å². The molecule has 0 aliphatic rings. The Hall–Kier alpha value is -2.39. The fraction of sp³-hybridized carbons (Fsp3) is 0.0714. The lowest BCUT2D eigenvalue weighted by Crippen LogP contribution is -2.12. The van der Waals surface area contributed by atoms with Gasteiger partial charge in [0.25, 0.3) is 0 Å².